The number of hydrogen-bond acceptors (Lipinski definition) is 1. The average Bonchev–Trinajstić information content (AvgIpc) is 2.32. The second kappa shape index (κ2) is 6.58. The molecule has 1 fully saturated rings. The first-order chi connectivity index (χ1) is 8.69. The molecule has 2 rings (SSSR count). The Kier molecular flexibility index (Phi) is 5.08. The van der Waals surface area contributed by atoms with Gasteiger partial charge in [0.2, 0.25) is 0 Å². The number of rotatable bonds is 6. The molecule has 2 unspecified atom stereocenters. The van der Waals surface area contributed by atoms with E-state index in [1.807, 2.05) is 12.1 Å². The highest BCUT2D eigenvalue weighted by molar-refractivity contribution is 6.30. The third-order valence-electron chi connectivity index (χ3n) is 4.08. The summed E-state index contributed by atoms with van der Waals surface area (Å²) in [5.74, 6) is 0.968. The van der Waals surface area contributed by atoms with Gasteiger partial charge < -0.3 is 5.32 Å². The summed E-state index contributed by atoms with van der Waals surface area (Å²) in [6, 6.07) is 9.31. The van der Waals surface area contributed by atoms with Crippen LogP contribution in [0.4, 0.5) is 0 Å². The summed E-state index contributed by atoms with van der Waals surface area (Å²) >= 11 is 5.94. The maximum absolute atomic E-state index is 5.94. The van der Waals surface area contributed by atoms with Gasteiger partial charge in [0.15, 0.2) is 0 Å². The smallest absolute Gasteiger partial charge is 0.0406 e. The van der Waals surface area contributed by atoms with E-state index in [4.69, 9.17) is 11.6 Å². The lowest BCUT2D eigenvalue weighted by Crippen LogP contribution is -2.33. The number of halogens is 1. The number of hydrogen-bond donors (Lipinski definition) is 1. The fourth-order valence-corrected chi connectivity index (χ4v) is 2.91. The van der Waals surface area contributed by atoms with Gasteiger partial charge in [-0.1, -0.05) is 49.9 Å². The van der Waals surface area contributed by atoms with Gasteiger partial charge in [-0.25, -0.2) is 0 Å². The normalized spacial score (nSPS) is 19.3. The quantitative estimate of drug-likeness (QED) is 0.767. The molecule has 0 aliphatic heterocycles. The Balaban J connectivity index is 1.89. The summed E-state index contributed by atoms with van der Waals surface area (Å²) in [5, 5.41) is 4.57. The van der Waals surface area contributed by atoms with Gasteiger partial charge in [-0.05, 0) is 43.4 Å². The van der Waals surface area contributed by atoms with Gasteiger partial charge in [0.25, 0.3) is 0 Å². The van der Waals surface area contributed by atoms with Crippen LogP contribution in [0.3, 0.4) is 0 Å². The molecule has 2 heteroatoms. The zero-order chi connectivity index (χ0) is 13.0. The van der Waals surface area contributed by atoms with Crippen LogP contribution in [0.5, 0.6) is 0 Å². The predicted octanol–water partition coefficient (Wildman–Crippen LogP) is 4.96. The minimum atomic E-state index is 0.456. The first-order valence-electron chi connectivity index (χ1n) is 7.20. The molecule has 0 aromatic heterocycles. The van der Waals surface area contributed by atoms with Crippen LogP contribution in [-0.4, -0.2) is 6.04 Å². The second-order valence-electron chi connectivity index (χ2n) is 5.61. The van der Waals surface area contributed by atoms with E-state index in [1.54, 1.807) is 0 Å². The third kappa shape index (κ3) is 3.73. The molecule has 2 atom stereocenters. The molecule has 1 saturated carbocycles. The molecule has 0 amide bonds. The lowest BCUT2D eigenvalue weighted by atomic mass is 9.81. The summed E-state index contributed by atoms with van der Waals surface area (Å²) < 4.78 is 0. The Morgan fingerprint density at radius 1 is 1.28 bits per heavy atom. The molecule has 0 heterocycles. The largest absolute Gasteiger partial charge is 0.307 e. The van der Waals surface area contributed by atoms with Gasteiger partial charge in [0.1, 0.15) is 0 Å². The SMILES string of the molecule is CCC(NC(C)CC1CCC1)c1ccc(Cl)cc1. The fourth-order valence-electron chi connectivity index (χ4n) is 2.78. The van der Waals surface area contributed by atoms with Crippen molar-refractivity contribution in [2.45, 2.75) is 58.0 Å². The van der Waals surface area contributed by atoms with E-state index >= 15 is 0 Å². The third-order valence-corrected chi connectivity index (χ3v) is 4.33. The molecule has 1 N–H and O–H groups in total. The van der Waals surface area contributed by atoms with Crippen molar-refractivity contribution < 1.29 is 0 Å². The maximum Gasteiger partial charge on any atom is 0.0406 e. The molecule has 0 bridgehead atoms. The summed E-state index contributed by atoms with van der Waals surface area (Å²) in [7, 11) is 0. The Labute approximate surface area is 116 Å². The second-order valence-corrected chi connectivity index (χ2v) is 6.05. The number of benzene rings is 1. The highest BCUT2D eigenvalue weighted by Gasteiger charge is 2.21. The van der Waals surface area contributed by atoms with Crippen LogP contribution in [0.25, 0.3) is 0 Å². The zero-order valence-electron chi connectivity index (χ0n) is 11.5. The fraction of sp³-hybridized carbons (Fsp3) is 0.625. The van der Waals surface area contributed by atoms with E-state index in [1.165, 1.54) is 31.2 Å². The molecule has 1 aromatic rings. The van der Waals surface area contributed by atoms with E-state index in [-0.39, 0.29) is 0 Å². The lowest BCUT2D eigenvalue weighted by molar-refractivity contribution is 0.256. The van der Waals surface area contributed by atoms with Crippen molar-refractivity contribution in [2.24, 2.45) is 5.92 Å². The minimum Gasteiger partial charge on any atom is -0.307 e. The highest BCUT2D eigenvalue weighted by Crippen LogP contribution is 2.31. The van der Waals surface area contributed by atoms with Crippen molar-refractivity contribution in [2.75, 3.05) is 0 Å². The summed E-state index contributed by atoms with van der Waals surface area (Å²) in [4.78, 5) is 0. The van der Waals surface area contributed by atoms with Gasteiger partial charge in [-0.3, -0.25) is 0 Å². The van der Waals surface area contributed by atoms with Crippen LogP contribution in [0, 0.1) is 5.92 Å². The first-order valence-corrected chi connectivity index (χ1v) is 7.58. The summed E-state index contributed by atoms with van der Waals surface area (Å²) in [6.45, 7) is 4.55. The van der Waals surface area contributed by atoms with E-state index in [0.717, 1.165) is 17.4 Å². The molecule has 1 aromatic carbocycles. The maximum atomic E-state index is 5.94. The molecule has 1 nitrogen and oxygen atoms in total. The highest BCUT2D eigenvalue weighted by atomic mass is 35.5. The standard InChI is InChI=1S/C16H24ClN/c1-3-16(14-7-9-15(17)10-8-14)18-12(2)11-13-5-4-6-13/h7-10,12-13,16,18H,3-6,11H2,1-2H3. The molecule has 1 aliphatic carbocycles. The number of nitrogens with one attached hydrogen (secondary N) is 1. The van der Waals surface area contributed by atoms with E-state index in [0.29, 0.717) is 12.1 Å². The van der Waals surface area contributed by atoms with Crippen LogP contribution in [0.1, 0.15) is 57.6 Å². The van der Waals surface area contributed by atoms with Crippen LogP contribution < -0.4 is 5.32 Å². The molecule has 0 radical (unpaired) electrons. The summed E-state index contributed by atoms with van der Waals surface area (Å²) in [5.41, 5.74) is 1.35. The van der Waals surface area contributed by atoms with Crippen LogP contribution in [-0.2, 0) is 0 Å². The van der Waals surface area contributed by atoms with Gasteiger partial charge >= 0.3 is 0 Å². The Morgan fingerprint density at radius 2 is 1.94 bits per heavy atom. The molecular weight excluding hydrogens is 242 g/mol. The van der Waals surface area contributed by atoms with Crippen LogP contribution >= 0.6 is 11.6 Å². The van der Waals surface area contributed by atoms with E-state index < -0.39 is 0 Å². The van der Waals surface area contributed by atoms with Gasteiger partial charge in [-0.2, -0.15) is 0 Å². The van der Waals surface area contributed by atoms with Crippen molar-refractivity contribution in [3.63, 3.8) is 0 Å². The average molecular weight is 266 g/mol. The first kappa shape index (κ1) is 13.9. The van der Waals surface area contributed by atoms with Gasteiger partial charge in [0, 0.05) is 17.1 Å². The summed E-state index contributed by atoms with van der Waals surface area (Å²) in [6.07, 6.45) is 6.75. The lowest BCUT2D eigenvalue weighted by Gasteiger charge is -2.30. The molecule has 0 saturated heterocycles. The Bertz CT molecular complexity index is 356. The monoisotopic (exact) mass is 265 g/mol. The van der Waals surface area contributed by atoms with Crippen molar-refractivity contribution in [1.82, 2.24) is 5.32 Å². The van der Waals surface area contributed by atoms with Gasteiger partial charge in [0.05, 0.1) is 0 Å². The van der Waals surface area contributed by atoms with Crippen molar-refractivity contribution in [3.8, 4) is 0 Å². The van der Waals surface area contributed by atoms with Crippen LogP contribution in [0.2, 0.25) is 5.02 Å². The molecular formula is C16H24ClN. The van der Waals surface area contributed by atoms with Crippen molar-refractivity contribution in [1.29, 1.82) is 0 Å². The van der Waals surface area contributed by atoms with Crippen molar-refractivity contribution in [3.05, 3.63) is 34.9 Å². The molecule has 0 spiro atoms. The van der Waals surface area contributed by atoms with E-state index in [2.05, 4.69) is 31.3 Å². The minimum absolute atomic E-state index is 0.456. The van der Waals surface area contributed by atoms with Crippen LogP contribution in [0.15, 0.2) is 24.3 Å². The Hall–Kier alpha value is -0.530. The predicted molar refractivity (Wildman–Crippen MR) is 79.0 cm³/mol. The molecule has 100 valence electrons. The molecule has 18 heavy (non-hydrogen) atoms. The van der Waals surface area contributed by atoms with Gasteiger partial charge in [-0.15, -0.1) is 0 Å². The topological polar surface area (TPSA) is 12.0 Å². The van der Waals surface area contributed by atoms with Crippen molar-refractivity contribution >= 4 is 11.6 Å². The Morgan fingerprint density at radius 3 is 2.44 bits per heavy atom. The zero-order valence-corrected chi connectivity index (χ0v) is 12.2. The van der Waals surface area contributed by atoms with E-state index in [9.17, 15) is 0 Å². The molecule has 1 aliphatic rings.